The van der Waals surface area contributed by atoms with Gasteiger partial charge >= 0.3 is 5.97 Å². The van der Waals surface area contributed by atoms with Crippen LogP contribution >= 0.6 is 0 Å². The number of aromatic nitrogens is 2. The van der Waals surface area contributed by atoms with Crippen LogP contribution in [-0.2, 0) is 27.2 Å². The van der Waals surface area contributed by atoms with Gasteiger partial charge < -0.3 is 40.5 Å². The molecule has 9 heterocycles. The number of pyridine rings is 2. The number of nitrogens with one attached hydrogen (secondary N) is 2. The van der Waals surface area contributed by atoms with Crippen molar-refractivity contribution in [1.82, 2.24) is 15.3 Å². The van der Waals surface area contributed by atoms with Crippen LogP contribution in [0.5, 0.6) is 11.5 Å². The molecule has 2 bridgehead atoms. The van der Waals surface area contributed by atoms with Crippen LogP contribution in [-0.4, -0.2) is 70.3 Å². The third-order valence-electron chi connectivity index (χ3n) is 13.5. The number of nitrogen functional groups attached to an aromatic ring is 2. The number of aliphatic imine (C=N–C) groups is 1. The summed E-state index contributed by atoms with van der Waals surface area (Å²) >= 11 is 0. The van der Waals surface area contributed by atoms with Crippen molar-refractivity contribution in [2.75, 3.05) is 31.6 Å². The fourth-order valence-corrected chi connectivity index (χ4v) is 11.0. The average molecular weight is 801 g/mol. The minimum Gasteiger partial charge on any atom is -0.507 e. The highest BCUT2D eigenvalue weighted by molar-refractivity contribution is 6.06. The number of carbonyl (C=O) groups excluding carboxylic acids is 1. The molecule has 11 rings (SSSR count). The molecule has 6 aliphatic heterocycles. The van der Waals surface area contributed by atoms with E-state index < -0.39 is 29.2 Å². The monoisotopic (exact) mass is 800 g/mol. The van der Waals surface area contributed by atoms with Gasteiger partial charge in [0.05, 0.1) is 23.1 Å². The van der Waals surface area contributed by atoms with Gasteiger partial charge in [0.25, 0.3) is 0 Å². The third kappa shape index (κ3) is 6.30. The van der Waals surface area contributed by atoms with Crippen LogP contribution in [0.4, 0.5) is 11.6 Å². The van der Waals surface area contributed by atoms with Gasteiger partial charge in [0.2, 0.25) is 0 Å². The lowest BCUT2D eigenvalue weighted by Gasteiger charge is -2.48. The van der Waals surface area contributed by atoms with Crippen molar-refractivity contribution in [3.05, 3.63) is 93.3 Å². The number of anilines is 2. The van der Waals surface area contributed by atoms with E-state index in [2.05, 4.69) is 26.5 Å². The van der Waals surface area contributed by atoms with Crippen molar-refractivity contribution in [3.8, 4) is 22.8 Å². The average Bonchev–Trinajstić information content (AvgIpc) is 3.52. The van der Waals surface area contributed by atoms with Crippen molar-refractivity contribution in [2.24, 2.45) is 22.7 Å². The molecule has 14 nitrogen and oxygen atoms in total. The number of hydrogen-bond acceptors (Lipinski definition) is 13. The molecule has 3 aromatic heterocycles. The second kappa shape index (κ2) is 13.7. The van der Waals surface area contributed by atoms with Gasteiger partial charge in [0.1, 0.15) is 76.6 Å². The number of phenols is 1. The molecule has 14 heteroatoms. The topological polar surface area (TPSA) is 205 Å². The summed E-state index contributed by atoms with van der Waals surface area (Å²) in [4.78, 5) is 43.0. The number of benzene rings is 1. The third-order valence-corrected chi connectivity index (χ3v) is 13.5. The fraction of sp³-hybridized carbons (Fsp3) is 0.444. The normalized spacial score (nSPS) is 29.8. The Labute approximate surface area is 341 Å². The van der Waals surface area contributed by atoms with Gasteiger partial charge in [-0.25, -0.2) is 14.8 Å². The summed E-state index contributed by atoms with van der Waals surface area (Å²) < 4.78 is 25.7. The van der Waals surface area contributed by atoms with Crippen LogP contribution in [0.3, 0.4) is 0 Å². The second-order valence-corrected chi connectivity index (χ2v) is 17.8. The number of aromatic hydroxyl groups is 1. The minimum absolute atomic E-state index is 0.0209. The molecule has 7 aliphatic rings. The summed E-state index contributed by atoms with van der Waals surface area (Å²) in [5.74, 6) is 0.748. The maximum Gasteiger partial charge on any atom is 0.341 e. The summed E-state index contributed by atoms with van der Waals surface area (Å²) in [6, 6.07) is 10.8. The van der Waals surface area contributed by atoms with Gasteiger partial charge in [0.15, 0.2) is 11.0 Å². The molecule has 4 aromatic rings. The highest BCUT2D eigenvalue weighted by Gasteiger charge is 2.70. The Balaban J connectivity index is 0.929. The zero-order valence-corrected chi connectivity index (χ0v) is 33.7. The number of phenolic OH excluding ortho intramolecular Hbond substituents is 1. The van der Waals surface area contributed by atoms with Gasteiger partial charge in [-0.3, -0.25) is 14.7 Å². The molecule has 0 amide bonds. The standard InChI is InChI=1S/C45H49N7O7/c1-22-11-32(53)39-33(56-22)17-34-40(41(39)54)38-29-7-6-27(14-26(29)18-48-4)45(43(55)57-42(38)44(2,3)58-34)35(59-45)8-5-23-12-30(51-36(46)13-23)25-15-28(50-37(47)16-25)20-52-19-24-9-10-49-31(24)21-52/h9-13,15-17,19,26-27,29,35,38,42,48,54H,5-8,14,18,20-21H2,1-4H3,(H2,46,51)(H2,47,50)/p+1. The van der Waals surface area contributed by atoms with Gasteiger partial charge in [-0.15, -0.1) is 0 Å². The van der Waals surface area contributed by atoms with Crippen molar-refractivity contribution >= 4 is 34.3 Å². The van der Waals surface area contributed by atoms with Crippen LogP contribution in [0.25, 0.3) is 22.2 Å². The number of hydrogen-bond donors (Lipinski definition) is 5. The van der Waals surface area contributed by atoms with E-state index in [1.807, 2.05) is 57.4 Å². The quantitative estimate of drug-likeness (QED) is 0.127. The van der Waals surface area contributed by atoms with Crippen molar-refractivity contribution in [3.63, 3.8) is 0 Å². The van der Waals surface area contributed by atoms with Crippen molar-refractivity contribution < 1.29 is 33.4 Å². The fourth-order valence-electron chi connectivity index (χ4n) is 11.0. The number of carbonyl (C=O) groups is 1. The van der Waals surface area contributed by atoms with E-state index in [0.717, 1.165) is 53.9 Å². The van der Waals surface area contributed by atoms with Crippen molar-refractivity contribution in [1.29, 1.82) is 0 Å². The predicted molar refractivity (Wildman–Crippen MR) is 221 cm³/mol. The first-order valence-corrected chi connectivity index (χ1v) is 20.7. The maximum atomic E-state index is 14.8. The number of rotatable bonds is 8. The number of nitrogens with zero attached hydrogens (tertiary/aromatic N) is 3. The van der Waals surface area contributed by atoms with E-state index in [1.54, 1.807) is 13.0 Å². The summed E-state index contributed by atoms with van der Waals surface area (Å²) in [5, 5.41) is 15.4. The Kier molecular flexibility index (Phi) is 8.78. The van der Waals surface area contributed by atoms with E-state index in [-0.39, 0.29) is 46.0 Å². The Morgan fingerprint density at radius 3 is 2.69 bits per heavy atom. The summed E-state index contributed by atoms with van der Waals surface area (Å²) in [6.45, 7) is 7.69. The first kappa shape index (κ1) is 37.7. The van der Waals surface area contributed by atoms with Crippen LogP contribution < -0.4 is 31.8 Å². The molecule has 3 saturated heterocycles. The van der Waals surface area contributed by atoms with Crippen molar-refractivity contribution in [2.45, 2.75) is 88.7 Å². The zero-order chi connectivity index (χ0) is 41.0. The van der Waals surface area contributed by atoms with Crippen LogP contribution in [0.15, 0.2) is 74.7 Å². The van der Waals surface area contributed by atoms with Gasteiger partial charge in [-0.1, -0.05) is 0 Å². The van der Waals surface area contributed by atoms with E-state index in [9.17, 15) is 14.7 Å². The number of esters is 1. The molecule has 7 N–H and O–H groups in total. The maximum absolute atomic E-state index is 14.8. The van der Waals surface area contributed by atoms with E-state index in [4.69, 9.17) is 30.1 Å². The Hall–Kier alpha value is -5.57. The largest absolute Gasteiger partial charge is 0.507 e. The molecule has 0 radical (unpaired) electrons. The SMILES string of the molecule is CNCC1CC2CCC1C1c3c(cc4oc(C)cc(=O)c4c3O)OC(C)(C)C1OC(=O)C21OC1CCc1cc(N)nc(-c2cc(N)nc(C[NH+]3C=C4C=CN=C4C3)c2)c1. The number of epoxide rings is 1. The zero-order valence-electron chi connectivity index (χ0n) is 33.7. The second-order valence-electron chi connectivity index (χ2n) is 17.8. The van der Waals surface area contributed by atoms with Gasteiger partial charge in [-0.05, 0) is 114 Å². The number of allylic oxidation sites excluding steroid dienone is 1. The lowest BCUT2D eigenvalue weighted by Crippen LogP contribution is -3.05. The number of aryl methyl sites for hydroxylation is 2. The molecule has 59 heavy (non-hydrogen) atoms. The molecule has 8 unspecified atom stereocenters. The highest BCUT2D eigenvalue weighted by atomic mass is 16.7. The van der Waals surface area contributed by atoms with E-state index >= 15 is 0 Å². The number of nitrogens with two attached hydrogens (primary N) is 2. The minimum atomic E-state index is -1.12. The van der Waals surface area contributed by atoms with Crippen LogP contribution in [0.2, 0.25) is 0 Å². The highest BCUT2D eigenvalue weighted by Crippen LogP contribution is 2.61. The van der Waals surface area contributed by atoms with E-state index in [0.29, 0.717) is 60.3 Å². The number of ether oxygens (including phenoxy) is 3. The molecule has 1 aromatic carbocycles. The number of fused-ring (bicyclic) bond motifs is 6. The Morgan fingerprint density at radius 2 is 1.88 bits per heavy atom. The number of quaternary nitrogens is 1. The van der Waals surface area contributed by atoms with Gasteiger partial charge in [-0.2, -0.15) is 0 Å². The summed E-state index contributed by atoms with van der Waals surface area (Å²) in [7, 11) is 1.94. The first-order valence-electron chi connectivity index (χ1n) is 20.7. The van der Waals surface area contributed by atoms with E-state index in [1.165, 1.54) is 11.0 Å². The van der Waals surface area contributed by atoms with Crippen LogP contribution in [0, 0.1) is 24.7 Å². The van der Waals surface area contributed by atoms with Crippen LogP contribution in [0.1, 0.15) is 68.0 Å². The van der Waals surface area contributed by atoms with Gasteiger partial charge in [0, 0.05) is 41.3 Å². The Bertz CT molecular complexity index is 2580. The molecule has 1 saturated carbocycles. The summed E-state index contributed by atoms with van der Waals surface area (Å²) in [5.41, 5.74) is 16.7. The molecular formula is C45H50N7O7+. The lowest BCUT2D eigenvalue weighted by molar-refractivity contribution is -0.848. The first-order chi connectivity index (χ1) is 28.3. The molecule has 1 aliphatic carbocycles. The predicted octanol–water partition coefficient (Wildman–Crippen LogP) is 3.88. The molecule has 8 atom stereocenters. The molecule has 4 fully saturated rings. The smallest absolute Gasteiger partial charge is 0.341 e. The molecule has 306 valence electrons. The molecular weight excluding hydrogens is 751 g/mol. The Morgan fingerprint density at radius 1 is 1.05 bits per heavy atom. The lowest BCUT2D eigenvalue weighted by atomic mass is 9.61. The molecule has 1 spiro atoms. The summed E-state index contributed by atoms with van der Waals surface area (Å²) in [6.07, 6.45) is 8.35.